The molecule has 0 bridgehead atoms. The first-order valence-corrected chi connectivity index (χ1v) is 8.30. The largest absolute Gasteiger partial charge is 0.465 e. The minimum Gasteiger partial charge on any atom is -0.465 e. The van der Waals surface area contributed by atoms with E-state index in [0.29, 0.717) is 19.4 Å². The normalized spacial score (nSPS) is 26.0. The lowest BCUT2D eigenvalue weighted by Crippen LogP contribution is -2.60. The van der Waals surface area contributed by atoms with Gasteiger partial charge in [0.2, 0.25) is 0 Å². The number of hydrogen-bond acceptors (Lipinski definition) is 4. The molecular formula is C17H32N2O4. The van der Waals surface area contributed by atoms with Crippen molar-refractivity contribution < 1.29 is 19.4 Å². The summed E-state index contributed by atoms with van der Waals surface area (Å²) in [6.45, 7) is 12.0. The standard InChI is InChI=1S/C17H32N2O4/c1-16(2,3)14-11(7-8-13(20)23-17(4,5)6)12(18)9-10-19(14)15(21)22/h11-12,14H,7-10,18H2,1-6H3,(H,21,22). The minimum atomic E-state index is -0.918. The van der Waals surface area contributed by atoms with Crippen LogP contribution in [0.25, 0.3) is 0 Å². The van der Waals surface area contributed by atoms with Crippen LogP contribution in [0.4, 0.5) is 4.79 Å². The van der Waals surface area contributed by atoms with E-state index in [2.05, 4.69) is 0 Å². The van der Waals surface area contributed by atoms with E-state index in [-0.39, 0.29) is 35.8 Å². The fourth-order valence-electron chi connectivity index (χ4n) is 3.48. The molecule has 0 aromatic carbocycles. The molecule has 0 aliphatic carbocycles. The molecule has 134 valence electrons. The number of carbonyl (C=O) groups is 2. The number of amides is 1. The van der Waals surface area contributed by atoms with Crippen molar-refractivity contribution in [3.05, 3.63) is 0 Å². The minimum absolute atomic E-state index is 0.0487. The summed E-state index contributed by atoms with van der Waals surface area (Å²) >= 11 is 0. The van der Waals surface area contributed by atoms with E-state index < -0.39 is 11.7 Å². The fraction of sp³-hybridized carbons (Fsp3) is 0.882. The Kier molecular flexibility index (Phi) is 6.07. The number of carbonyl (C=O) groups excluding carboxylic acids is 1. The van der Waals surface area contributed by atoms with Crippen LogP contribution in [0.1, 0.15) is 60.8 Å². The van der Waals surface area contributed by atoms with Crippen molar-refractivity contribution in [1.82, 2.24) is 4.90 Å². The Hall–Kier alpha value is -1.30. The van der Waals surface area contributed by atoms with Gasteiger partial charge < -0.3 is 20.5 Å². The molecule has 1 saturated heterocycles. The van der Waals surface area contributed by atoms with Gasteiger partial charge in [0.1, 0.15) is 5.60 Å². The first-order chi connectivity index (χ1) is 10.3. The van der Waals surface area contributed by atoms with Crippen LogP contribution in [0, 0.1) is 11.3 Å². The van der Waals surface area contributed by atoms with Crippen molar-refractivity contribution in [2.45, 2.75) is 78.5 Å². The maximum absolute atomic E-state index is 12.0. The summed E-state index contributed by atoms with van der Waals surface area (Å²) in [6, 6.07) is -0.302. The summed E-state index contributed by atoms with van der Waals surface area (Å²) in [7, 11) is 0. The Morgan fingerprint density at radius 3 is 2.22 bits per heavy atom. The Bertz CT molecular complexity index is 437. The van der Waals surface area contributed by atoms with Crippen LogP contribution in [-0.4, -0.2) is 46.3 Å². The maximum Gasteiger partial charge on any atom is 0.407 e. The average Bonchev–Trinajstić information content (AvgIpc) is 2.33. The zero-order valence-corrected chi connectivity index (χ0v) is 15.3. The number of likely N-dealkylation sites (tertiary alicyclic amines) is 1. The second-order valence-corrected chi connectivity index (χ2v) is 8.53. The second-order valence-electron chi connectivity index (χ2n) is 8.53. The smallest absolute Gasteiger partial charge is 0.407 e. The van der Waals surface area contributed by atoms with Crippen LogP contribution in [0.3, 0.4) is 0 Å². The van der Waals surface area contributed by atoms with Crippen molar-refractivity contribution in [2.75, 3.05) is 6.54 Å². The third-order valence-electron chi connectivity index (χ3n) is 4.23. The molecule has 6 heteroatoms. The molecule has 3 atom stereocenters. The van der Waals surface area contributed by atoms with Crippen LogP contribution >= 0.6 is 0 Å². The van der Waals surface area contributed by atoms with Gasteiger partial charge in [-0.25, -0.2) is 4.79 Å². The first-order valence-electron chi connectivity index (χ1n) is 8.30. The summed E-state index contributed by atoms with van der Waals surface area (Å²) in [4.78, 5) is 25.1. The van der Waals surface area contributed by atoms with Crippen LogP contribution in [0.15, 0.2) is 0 Å². The van der Waals surface area contributed by atoms with Gasteiger partial charge in [-0.3, -0.25) is 4.79 Å². The molecule has 0 aromatic heterocycles. The van der Waals surface area contributed by atoms with Crippen molar-refractivity contribution in [3.8, 4) is 0 Å². The Labute approximate surface area is 139 Å². The van der Waals surface area contributed by atoms with Gasteiger partial charge in [-0.2, -0.15) is 0 Å². The third-order valence-corrected chi connectivity index (χ3v) is 4.23. The van der Waals surface area contributed by atoms with Crippen LogP contribution in [0.5, 0.6) is 0 Å². The molecule has 23 heavy (non-hydrogen) atoms. The van der Waals surface area contributed by atoms with Gasteiger partial charge in [0.25, 0.3) is 0 Å². The highest BCUT2D eigenvalue weighted by atomic mass is 16.6. The van der Waals surface area contributed by atoms with E-state index in [4.69, 9.17) is 10.5 Å². The molecule has 0 saturated carbocycles. The maximum atomic E-state index is 12.0. The van der Waals surface area contributed by atoms with Crippen molar-refractivity contribution >= 4 is 12.1 Å². The summed E-state index contributed by atoms with van der Waals surface area (Å²) in [5.41, 5.74) is 5.52. The van der Waals surface area contributed by atoms with Crippen LogP contribution in [0.2, 0.25) is 0 Å². The van der Waals surface area contributed by atoms with Crippen LogP contribution < -0.4 is 5.73 Å². The molecule has 3 N–H and O–H groups in total. The topological polar surface area (TPSA) is 92.9 Å². The second kappa shape index (κ2) is 7.07. The van der Waals surface area contributed by atoms with E-state index in [9.17, 15) is 14.7 Å². The van der Waals surface area contributed by atoms with E-state index >= 15 is 0 Å². The van der Waals surface area contributed by atoms with E-state index in [1.54, 1.807) is 0 Å². The lowest BCUT2D eigenvalue weighted by atomic mass is 9.70. The summed E-state index contributed by atoms with van der Waals surface area (Å²) < 4.78 is 5.35. The van der Waals surface area contributed by atoms with Crippen molar-refractivity contribution in [2.24, 2.45) is 17.1 Å². The summed E-state index contributed by atoms with van der Waals surface area (Å²) in [5, 5.41) is 9.50. The van der Waals surface area contributed by atoms with Crippen molar-refractivity contribution in [1.29, 1.82) is 0 Å². The van der Waals surface area contributed by atoms with Crippen molar-refractivity contribution in [3.63, 3.8) is 0 Å². The van der Waals surface area contributed by atoms with E-state index in [1.807, 2.05) is 41.5 Å². The molecule has 1 rings (SSSR count). The molecule has 6 nitrogen and oxygen atoms in total. The van der Waals surface area contributed by atoms with Crippen LogP contribution in [-0.2, 0) is 9.53 Å². The fourth-order valence-corrected chi connectivity index (χ4v) is 3.48. The Morgan fingerprint density at radius 2 is 1.78 bits per heavy atom. The van der Waals surface area contributed by atoms with Gasteiger partial charge >= 0.3 is 12.1 Å². The molecule has 1 aliphatic rings. The number of rotatable bonds is 3. The molecule has 3 unspecified atom stereocenters. The van der Waals surface area contributed by atoms with E-state index in [1.165, 1.54) is 4.90 Å². The number of nitrogens with zero attached hydrogens (tertiary/aromatic N) is 1. The molecule has 1 amide bonds. The summed E-state index contributed by atoms with van der Waals surface area (Å²) in [5.74, 6) is -0.308. The molecule has 1 heterocycles. The zero-order valence-electron chi connectivity index (χ0n) is 15.3. The highest BCUT2D eigenvalue weighted by Crippen LogP contribution is 2.38. The third kappa shape index (κ3) is 5.68. The SMILES string of the molecule is CC(C)(C)OC(=O)CCC1C(N)CCN(C(=O)O)C1C(C)(C)C. The van der Waals surface area contributed by atoms with Gasteiger partial charge in [0, 0.05) is 25.0 Å². The molecule has 1 fully saturated rings. The average molecular weight is 328 g/mol. The summed E-state index contributed by atoms with van der Waals surface area (Å²) in [6.07, 6.45) is 0.508. The number of nitrogens with two attached hydrogens (primary N) is 1. The number of hydrogen-bond donors (Lipinski definition) is 2. The Morgan fingerprint density at radius 1 is 1.22 bits per heavy atom. The van der Waals surface area contributed by atoms with Gasteiger partial charge in [-0.05, 0) is 44.9 Å². The van der Waals surface area contributed by atoms with E-state index in [0.717, 1.165) is 0 Å². The molecule has 0 radical (unpaired) electrons. The van der Waals surface area contributed by atoms with Gasteiger partial charge in [-0.1, -0.05) is 20.8 Å². The lowest BCUT2D eigenvalue weighted by molar-refractivity contribution is -0.155. The predicted molar refractivity (Wildman–Crippen MR) is 89.1 cm³/mol. The zero-order chi connectivity index (χ0) is 18.0. The number of carboxylic acid groups (broad SMARTS) is 1. The molecule has 1 aliphatic heterocycles. The molecule has 0 aromatic rings. The quantitative estimate of drug-likeness (QED) is 0.777. The molecular weight excluding hydrogens is 296 g/mol. The first kappa shape index (κ1) is 19.7. The number of ether oxygens (including phenoxy) is 1. The Balaban J connectivity index is 2.86. The number of esters is 1. The van der Waals surface area contributed by atoms with Gasteiger partial charge in [-0.15, -0.1) is 0 Å². The van der Waals surface area contributed by atoms with Gasteiger partial charge in [0.15, 0.2) is 0 Å². The molecule has 0 spiro atoms. The highest BCUT2D eigenvalue weighted by Gasteiger charge is 2.44. The highest BCUT2D eigenvalue weighted by molar-refractivity contribution is 5.70. The predicted octanol–water partition coefficient (Wildman–Crippen LogP) is 2.85. The number of piperidine rings is 1. The monoisotopic (exact) mass is 328 g/mol. The lowest BCUT2D eigenvalue weighted by Gasteiger charge is -2.49. The van der Waals surface area contributed by atoms with Gasteiger partial charge in [0.05, 0.1) is 0 Å².